The Balaban J connectivity index is 3.38. The second kappa shape index (κ2) is 7.82. The Morgan fingerprint density at radius 1 is 1.23 bits per heavy atom. The molecule has 0 aromatic carbocycles. The third kappa shape index (κ3) is 7.55. The second-order valence-corrected chi connectivity index (χ2v) is 2.48. The first-order valence-electron chi connectivity index (χ1n) is 4.02. The van der Waals surface area contributed by atoms with Crippen molar-refractivity contribution in [2.45, 2.75) is 13.0 Å². The van der Waals surface area contributed by atoms with Gasteiger partial charge in [0.1, 0.15) is 12.7 Å². The Hall–Kier alpha value is -0.810. The molecule has 0 saturated heterocycles. The van der Waals surface area contributed by atoms with Gasteiger partial charge in [-0.2, -0.15) is 0 Å². The summed E-state index contributed by atoms with van der Waals surface area (Å²) in [5, 5.41) is 0. The summed E-state index contributed by atoms with van der Waals surface area (Å²) in [5.41, 5.74) is 0. The maximum Gasteiger partial charge on any atom is 0.508 e. The molecule has 0 N–H and O–H groups in total. The predicted octanol–water partition coefficient (Wildman–Crippen LogP) is 0.821. The molecule has 1 unspecified atom stereocenters. The van der Waals surface area contributed by atoms with E-state index in [1.54, 1.807) is 6.92 Å². The molecule has 13 heavy (non-hydrogen) atoms. The Kier molecular flexibility index (Phi) is 7.33. The van der Waals surface area contributed by atoms with Gasteiger partial charge in [-0.15, -0.1) is 0 Å². The lowest BCUT2D eigenvalue weighted by atomic mass is 10.4. The van der Waals surface area contributed by atoms with Crippen LogP contribution in [-0.2, 0) is 18.9 Å². The minimum absolute atomic E-state index is 0.203. The van der Waals surface area contributed by atoms with Gasteiger partial charge < -0.3 is 18.9 Å². The number of methoxy groups -OCH3 is 2. The molecule has 0 aliphatic heterocycles. The fraction of sp³-hybridized carbons (Fsp3) is 0.875. The summed E-state index contributed by atoms with van der Waals surface area (Å²) in [5.74, 6) is 0. The van der Waals surface area contributed by atoms with E-state index in [1.807, 2.05) is 0 Å². The highest BCUT2D eigenvalue weighted by molar-refractivity contribution is 5.60. The summed E-state index contributed by atoms with van der Waals surface area (Å²) in [4.78, 5) is 10.8. The number of rotatable bonds is 6. The molecule has 0 spiro atoms. The van der Waals surface area contributed by atoms with E-state index in [2.05, 4.69) is 9.47 Å². The Morgan fingerprint density at radius 2 is 1.92 bits per heavy atom. The van der Waals surface area contributed by atoms with E-state index in [0.717, 1.165) is 0 Å². The first-order chi connectivity index (χ1) is 6.20. The summed E-state index contributed by atoms with van der Waals surface area (Å²) >= 11 is 0. The number of hydrogen-bond donors (Lipinski definition) is 0. The normalized spacial score (nSPS) is 12.2. The van der Waals surface area contributed by atoms with Crippen LogP contribution >= 0.6 is 0 Å². The van der Waals surface area contributed by atoms with Gasteiger partial charge in [-0.1, -0.05) is 0 Å². The second-order valence-electron chi connectivity index (χ2n) is 2.48. The lowest BCUT2D eigenvalue weighted by Crippen LogP contribution is -2.21. The zero-order chi connectivity index (χ0) is 10.1. The fourth-order valence-corrected chi connectivity index (χ4v) is 0.675. The summed E-state index contributed by atoms with van der Waals surface area (Å²) in [6.07, 6.45) is -0.985. The molecular weight excluding hydrogens is 176 g/mol. The molecule has 0 fully saturated rings. The molecule has 0 amide bonds. The van der Waals surface area contributed by atoms with Crippen LogP contribution in [-0.4, -0.2) is 46.3 Å². The molecule has 5 nitrogen and oxygen atoms in total. The Bertz CT molecular complexity index is 136. The summed E-state index contributed by atoms with van der Waals surface area (Å²) in [7, 11) is 3.07. The minimum atomic E-state index is -0.693. The van der Waals surface area contributed by atoms with Crippen molar-refractivity contribution >= 4 is 6.16 Å². The van der Waals surface area contributed by atoms with Crippen LogP contribution in [0.5, 0.6) is 0 Å². The average Bonchev–Trinajstić information content (AvgIpc) is 2.05. The smallest absolute Gasteiger partial charge is 0.432 e. The topological polar surface area (TPSA) is 54.0 Å². The van der Waals surface area contributed by atoms with Crippen LogP contribution in [0.2, 0.25) is 0 Å². The van der Waals surface area contributed by atoms with Crippen LogP contribution in [0.15, 0.2) is 0 Å². The molecular formula is C8H16O5. The van der Waals surface area contributed by atoms with Crippen LogP contribution in [0.1, 0.15) is 6.92 Å². The van der Waals surface area contributed by atoms with E-state index >= 15 is 0 Å². The van der Waals surface area contributed by atoms with Gasteiger partial charge in [0, 0.05) is 14.2 Å². The molecule has 0 heterocycles. The molecule has 1 atom stereocenters. The number of ether oxygens (including phenoxy) is 4. The zero-order valence-electron chi connectivity index (χ0n) is 8.24. The largest absolute Gasteiger partial charge is 0.508 e. The summed E-state index contributed by atoms with van der Waals surface area (Å²) in [6, 6.07) is 0. The van der Waals surface area contributed by atoms with Crippen molar-refractivity contribution in [3.8, 4) is 0 Å². The van der Waals surface area contributed by atoms with Gasteiger partial charge in [0.15, 0.2) is 0 Å². The predicted molar refractivity (Wildman–Crippen MR) is 45.6 cm³/mol. The quantitative estimate of drug-likeness (QED) is 0.460. The molecule has 0 saturated carbocycles. The van der Waals surface area contributed by atoms with Crippen molar-refractivity contribution in [1.82, 2.24) is 0 Å². The number of carbonyl (C=O) groups is 1. The van der Waals surface area contributed by atoms with Crippen molar-refractivity contribution in [1.29, 1.82) is 0 Å². The number of hydrogen-bond acceptors (Lipinski definition) is 5. The van der Waals surface area contributed by atoms with Gasteiger partial charge in [0.25, 0.3) is 0 Å². The van der Waals surface area contributed by atoms with Gasteiger partial charge in [-0.3, -0.25) is 0 Å². The zero-order valence-corrected chi connectivity index (χ0v) is 8.24. The Morgan fingerprint density at radius 3 is 2.46 bits per heavy atom. The van der Waals surface area contributed by atoms with Gasteiger partial charge in [0.05, 0.1) is 13.2 Å². The van der Waals surface area contributed by atoms with Gasteiger partial charge in [-0.25, -0.2) is 4.79 Å². The molecule has 0 aromatic rings. The van der Waals surface area contributed by atoms with Crippen LogP contribution < -0.4 is 0 Å². The highest BCUT2D eigenvalue weighted by atomic mass is 16.7. The lowest BCUT2D eigenvalue weighted by molar-refractivity contribution is -0.00676. The minimum Gasteiger partial charge on any atom is -0.432 e. The van der Waals surface area contributed by atoms with Crippen LogP contribution in [0.25, 0.3) is 0 Å². The monoisotopic (exact) mass is 192 g/mol. The highest BCUT2D eigenvalue weighted by Gasteiger charge is 2.09. The molecule has 78 valence electrons. The van der Waals surface area contributed by atoms with Crippen LogP contribution in [0.4, 0.5) is 4.79 Å². The molecule has 0 aliphatic rings. The molecule has 0 aliphatic carbocycles. The van der Waals surface area contributed by atoms with Crippen molar-refractivity contribution in [3.05, 3.63) is 0 Å². The summed E-state index contributed by atoms with van der Waals surface area (Å²) < 4.78 is 18.9. The first kappa shape index (κ1) is 12.2. The van der Waals surface area contributed by atoms with E-state index in [0.29, 0.717) is 13.2 Å². The van der Waals surface area contributed by atoms with Gasteiger partial charge >= 0.3 is 6.16 Å². The van der Waals surface area contributed by atoms with E-state index in [-0.39, 0.29) is 12.7 Å². The molecule has 0 aromatic heterocycles. The molecule has 0 radical (unpaired) electrons. The SMILES string of the molecule is COCCOC(=O)OC(C)COC. The first-order valence-corrected chi connectivity index (χ1v) is 4.02. The summed E-state index contributed by atoms with van der Waals surface area (Å²) in [6.45, 7) is 2.66. The lowest BCUT2D eigenvalue weighted by Gasteiger charge is -2.11. The maximum absolute atomic E-state index is 10.8. The van der Waals surface area contributed by atoms with E-state index < -0.39 is 6.16 Å². The number of carbonyl (C=O) groups excluding carboxylic acids is 1. The van der Waals surface area contributed by atoms with E-state index in [9.17, 15) is 4.79 Å². The van der Waals surface area contributed by atoms with Crippen molar-refractivity contribution < 1.29 is 23.7 Å². The molecule has 5 heteroatoms. The highest BCUT2D eigenvalue weighted by Crippen LogP contribution is 1.94. The van der Waals surface area contributed by atoms with Crippen molar-refractivity contribution in [3.63, 3.8) is 0 Å². The van der Waals surface area contributed by atoms with Crippen LogP contribution in [0, 0.1) is 0 Å². The van der Waals surface area contributed by atoms with Gasteiger partial charge in [0.2, 0.25) is 0 Å². The fourth-order valence-electron chi connectivity index (χ4n) is 0.675. The van der Waals surface area contributed by atoms with Crippen molar-refractivity contribution in [2.24, 2.45) is 0 Å². The van der Waals surface area contributed by atoms with Crippen molar-refractivity contribution in [2.75, 3.05) is 34.0 Å². The van der Waals surface area contributed by atoms with Crippen LogP contribution in [0.3, 0.4) is 0 Å². The third-order valence-electron chi connectivity index (χ3n) is 1.21. The van der Waals surface area contributed by atoms with E-state index in [1.165, 1.54) is 14.2 Å². The molecule has 0 rings (SSSR count). The Labute approximate surface area is 77.9 Å². The van der Waals surface area contributed by atoms with E-state index in [4.69, 9.17) is 9.47 Å². The third-order valence-corrected chi connectivity index (χ3v) is 1.21. The average molecular weight is 192 g/mol. The maximum atomic E-state index is 10.8. The standard InChI is InChI=1S/C8H16O5/c1-7(6-11-3)13-8(9)12-5-4-10-2/h7H,4-6H2,1-3H3. The van der Waals surface area contributed by atoms with Gasteiger partial charge in [-0.05, 0) is 6.92 Å². The molecule has 0 bridgehead atoms.